The largest absolute Gasteiger partial charge is 0.335 e. The van der Waals surface area contributed by atoms with E-state index in [1.54, 1.807) is 4.90 Å². The number of ketones is 1. The Morgan fingerprint density at radius 1 is 1.54 bits per heavy atom. The van der Waals surface area contributed by atoms with Gasteiger partial charge in [-0.3, -0.25) is 9.59 Å². The minimum Gasteiger partial charge on any atom is -0.335 e. The zero-order valence-electron chi connectivity index (χ0n) is 8.01. The highest BCUT2D eigenvalue weighted by Crippen LogP contribution is 2.48. The molecular formula is C10H15NO2. The second-order valence-corrected chi connectivity index (χ2v) is 4.59. The van der Waals surface area contributed by atoms with Crippen LogP contribution in [0.25, 0.3) is 0 Å². The van der Waals surface area contributed by atoms with Gasteiger partial charge in [0.2, 0.25) is 5.91 Å². The molecular weight excluding hydrogens is 166 g/mol. The monoisotopic (exact) mass is 181 g/mol. The summed E-state index contributed by atoms with van der Waals surface area (Å²) in [5.74, 6) is 0.375. The molecule has 3 heteroatoms. The topological polar surface area (TPSA) is 37.4 Å². The summed E-state index contributed by atoms with van der Waals surface area (Å²) in [5, 5.41) is 0. The maximum Gasteiger partial charge on any atom is 0.223 e. The average molecular weight is 181 g/mol. The van der Waals surface area contributed by atoms with Crippen LogP contribution in [0.2, 0.25) is 0 Å². The number of carbonyl (C=O) groups excluding carboxylic acids is 2. The van der Waals surface area contributed by atoms with Crippen molar-refractivity contribution in [2.45, 2.75) is 32.6 Å². The van der Waals surface area contributed by atoms with Crippen LogP contribution in [0.3, 0.4) is 0 Å². The van der Waals surface area contributed by atoms with Crippen molar-refractivity contribution in [3.63, 3.8) is 0 Å². The van der Waals surface area contributed by atoms with Crippen molar-refractivity contribution in [2.24, 2.45) is 5.41 Å². The lowest BCUT2D eigenvalue weighted by molar-refractivity contribution is -0.132. The molecule has 0 unspecified atom stereocenters. The third-order valence-electron chi connectivity index (χ3n) is 3.06. The van der Waals surface area contributed by atoms with Crippen LogP contribution in [0.4, 0.5) is 0 Å². The number of amides is 1. The molecule has 72 valence electrons. The second kappa shape index (κ2) is 2.82. The van der Waals surface area contributed by atoms with Crippen LogP contribution in [-0.4, -0.2) is 29.7 Å². The molecule has 0 aromatic carbocycles. The van der Waals surface area contributed by atoms with Gasteiger partial charge in [0.15, 0.2) is 5.78 Å². The first kappa shape index (κ1) is 8.73. The van der Waals surface area contributed by atoms with Crippen molar-refractivity contribution in [2.75, 3.05) is 13.1 Å². The van der Waals surface area contributed by atoms with Crippen molar-refractivity contribution in [1.82, 2.24) is 4.90 Å². The van der Waals surface area contributed by atoms with Crippen LogP contribution in [-0.2, 0) is 9.59 Å². The molecule has 0 aromatic heterocycles. The first-order valence-electron chi connectivity index (χ1n) is 4.89. The number of hydrogen-bond acceptors (Lipinski definition) is 2. The predicted molar refractivity (Wildman–Crippen MR) is 48.2 cm³/mol. The van der Waals surface area contributed by atoms with Crippen LogP contribution in [0.15, 0.2) is 0 Å². The molecule has 2 fully saturated rings. The van der Waals surface area contributed by atoms with Crippen LogP contribution < -0.4 is 0 Å². The number of likely N-dealkylation sites (tertiary alicyclic amines) is 1. The highest BCUT2D eigenvalue weighted by atomic mass is 16.2. The van der Waals surface area contributed by atoms with Gasteiger partial charge in [-0.15, -0.1) is 0 Å². The number of carbonyl (C=O) groups is 2. The van der Waals surface area contributed by atoms with Crippen LogP contribution in [0, 0.1) is 5.41 Å². The van der Waals surface area contributed by atoms with E-state index in [4.69, 9.17) is 0 Å². The van der Waals surface area contributed by atoms with Crippen LogP contribution >= 0.6 is 0 Å². The highest BCUT2D eigenvalue weighted by molar-refractivity contribution is 5.89. The summed E-state index contributed by atoms with van der Waals surface area (Å²) in [5.41, 5.74) is 0.267. The lowest BCUT2D eigenvalue weighted by Gasteiger charge is -2.16. The van der Waals surface area contributed by atoms with Crippen molar-refractivity contribution >= 4 is 11.7 Å². The van der Waals surface area contributed by atoms with Crippen molar-refractivity contribution in [1.29, 1.82) is 0 Å². The lowest BCUT2D eigenvalue weighted by Crippen LogP contribution is -2.30. The smallest absolute Gasteiger partial charge is 0.223 e. The third-order valence-corrected chi connectivity index (χ3v) is 3.06. The molecule has 1 aliphatic carbocycles. The van der Waals surface area contributed by atoms with E-state index in [2.05, 4.69) is 6.92 Å². The van der Waals surface area contributed by atoms with E-state index < -0.39 is 0 Å². The Bertz CT molecular complexity index is 256. The lowest BCUT2D eigenvalue weighted by atomic mass is 10.1. The normalized spacial score (nSPS) is 25.0. The molecule has 2 aliphatic rings. The second-order valence-electron chi connectivity index (χ2n) is 4.59. The molecule has 0 atom stereocenters. The quantitative estimate of drug-likeness (QED) is 0.636. The molecule has 1 saturated carbocycles. The van der Waals surface area contributed by atoms with Gasteiger partial charge >= 0.3 is 0 Å². The van der Waals surface area contributed by atoms with Crippen molar-refractivity contribution in [3.8, 4) is 0 Å². The molecule has 1 heterocycles. The van der Waals surface area contributed by atoms with E-state index in [9.17, 15) is 9.59 Å². The van der Waals surface area contributed by atoms with Gasteiger partial charge in [0.25, 0.3) is 0 Å². The van der Waals surface area contributed by atoms with Gasteiger partial charge in [-0.2, -0.15) is 0 Å². The van der Waals surface area contributed by atoms with E-state index in [0.717, 1.165) is 0 Å². The number of nitrogens with zero attached hydrogens (tertiary/aromatic N) is 1. The number of rotatable bonds is 2. The minimum absolute atomic E-state index is 0.172. The summed E-state index contributed by atoms with van der Waals surface area (Å²) in [7, 11) is 0. The fraction of sp³-hybridized carbons (Fsp3) is 0.800. The molecule has 0 aromatic rings. The standard InChI is InChI=1S/C10H15NO2/c1-10(3-4-10)6-9(13)11-5-2-8(12)7-11/h2-7H2,1H3. The summed E-state index contributed by atoms with van der Waals surface area (Å²) in [6.07, 6.45) is 3.53. The van der Waals surface area contributed by atoms with Crippen LogP contribution in [0.5, 0.6) is 0 Å². The molecule has 0 N–H and O–H groups in total. The van der Waals surface area contributed by atoms with E-state index in [-0.39, 0.29) is 17.1 Å². The van der Waals surface area contributed by atoms with E-state index in [1.807, 2.05) is 0 Å². The van der Waals surface area contributed by atoms with E-state index in [0.29, 0.717) is 25.9 Å². The van der Waals surface area contributed by atoms with Crippen LogP contribution in [0.1, 0.15) is 32.6 Å². The van der Waals surface area contributed by atoms with Gasteiger partial charge in [0.05, 0.1) is 6.54 Å². The highest BCUT2D eigenvalue weighted by Gasteiger charge is 2.40. The fourth-order valence-corrected chi connectivity index (χ4v) is 1.71. The van der Waals surface area contributed by atoms with Gasteiger partial charge in [-0.05, 0) is 18.3 Å². The van der Waals surface area contributed by atoms with Gasteiger partial charge in [0, 0.05) is 19.4 Å². The average Bonchev–Trinajstić information content (AvgIpc) is 2.62. The molecule has 2 rings (SSSR count). The Hall–Kier alpha value is -0.860. The minimum atomic E-state index is 0.172. The first-order chi connectivity index (χ1) is 6.09. The Morgan fingerprint density at radius 2 is 2.23 bits per heavy atom. The van der Waals surface area contributed by atoms with Crippen molar-refractivity contribution < 1.29 is 9.59 Å². The zero-order valence-corrected chi connectivity index (χ0v) is 8.01. The van der Waals surface area contributed by atoms with Crippen molar-refractivity contribution in [3.05, 3.63) is 0 Å². The molecule has 3 nitrogen and oxygen atoms in total. The molecule has 0 spiro atoms. The van der Waals surface area contributed by atoms with Gasteiger partial charge < -0.3 is 4.90 Å². The Labute approximate surface area is 78.1 Å². The molecule has 0 radical (unpaired) electrons. The summed E-state index contributed by atoms with van der Waals surface area (Å²) in [4.78, 5) is 24.3. The molecule has 1 aliphatic heterocycles. The maximum absolute atomic E-state index is 11.6. The van der Waals surface area contributed by atoms with E-state index in [1.165, 1.54) is 12.8 Å². The maximum atomic E-state index is 11.6. The number of hydrogen-bond donors (Lipinski definition) is 0. The van der Waals surface area contributed by atoms with Gasteiger partial charge in [0.1, 0.15) is 0 Å². The SMILES string of the molecule is CC1(CC(=O)N2CCC(=O)C2)CC1. The molecule has 1 saturated heterocycles. The van der Waals surface area contributed by atoms with E-state index >= 15 is 0 Å². The van der Waals surface area contributed by atoms with Gasteiger partial charge in [-0.1, -0.05) is 6.92 Å². The molecule has 1 amide bonds. The summed E-state index contributed by atoms with van der Waals surface area (Å²) >= 11 is 0. The zero-order chi connectivity index (χ0) is 9.47. The Balaban J connectivity index is 1.87. The molecule has 0 bridgehead atoms. The summed E-state index contributed by atoms with van der Waals surface area (Å²) in [6, 6.07) is 0. The first-order valence-corrected chi connectivity index (χ1v) is 4.89. The Morgan fingerprint density at radius 3 is 2.69 bits per heavy atom. The van der Waals surface area contributed by atoms with Gasteiger partial charge in [-0.25, -0.2) is 0 Å². The molecule has 13 heavy (non-hydrogen) atoms. The third kappa shape index (κ3) is 1.90. The Kier molecular flexibility index (Phi) is 1.90. The number of Topliss-reactive ketones (excluding diaryl/α,β-unsaturated/α-hetero) is 1. The predicted octanol–water partition coefficient (Wildman–Crippen LogP) is 0.978. The summed E-state index contributed by atoms with van der Waals surface area (Å²) in [6.45, 7) is 3.14. The summed E-state index contributed by atoms with van der Waals surface area (Å²) < 4.78 is 0. The fourth-order valence-electron chi connectivity index (χ4n) is 1.71.